The number of carbonyl (C=O) groups is 1. The van der Waals surface area contributed by atoms with Crippen molar-refractivity contribution >= 4 is 34.6 Å². The molecule has 0 aliphatic carbocycles. The summed E-state index contributed by atoms with van der Waals surface area (Å²) in [5.41, 5.74) is 8.38. The van der Waals surface area contributed by atoms with E-state index >= 15 is 0 Å². The summed E-state index contributed by atoms with van der Waals surface area (Å²) in [6, 6.07) is 4.08. The van der Waals surface area contributed by atoms with Gasteiger partial charge in [0, 0.05) is 19.0 Å². The van der Waals surface area contributed by atoms with Gasteiger partial charge in [0.05, 0.1) is 22.1 Å². The second-order valence-corrected chi connectivity index (χ2v) is 5.74. The Morgan fingerprint density at radius 1 is 1.50 bits per heavy atom. The summed E-state index contributed by atoms with van der Waals surface area (Å²) in [4.78, 5) is 13.9. The number of hydrogen-bond acceptors (Lipinski definition) is 3. The average molecular weight is 296 g/mol. The Kier molecular flexibility index (Phi) is 4.76. The van der Waals surface area contributed by atoms with E-state index in [-0.39, 0.29) is 5.91 Å². The highest BCUT2D eigenvalue weighted by Gasteiger charge is 2.21. The van der Waals surface area contributed by atoms with E-state index in [0.717, 1.165) is 12.2 Å². The van der Waals surface area contributed by atoms with Crippen LogP contribution in [0, 0.1) is 0 Å². The topological polar surface area (TPSA) is 58.4 Å². The lowest BCUT2D eigenvalue weighted by molar-refractivity contribution is -0.115. The van der Waals surface area contributed by atoms with Gasteiger partial charge in [-0.15, -0.1) is 0 Å². The number of hydrogen-bond donors (Lipinski definition) is 2. The van der Waals surface area contributed by atoms with Crippen LogP contribution < -0.4 is 16.0 Å². The molecule has 0 bridgehead atoms. The van der Waals surface area contributed by atoms with Gasteiger partial charge < -0.3 is 16.0 Å². The minimum absolute atomic E-state index is 0.0469. The van der Waals surface area contributed by atoms with Crippen molar-refractivity contribution in [1.29, 1.82) is 0 Å². The Balaban J connectivity index is 2.32. The molecule has 1 atom stereocenters. The predicted molar refractivity (Wildman–Crippen MR) is 85.4 cm³/mol. The van der Waals surface area contributed by atoms with E-state index in [1.165, 1.54) is 19.3 Å². The Labute approximate surface area is 125 Å². The maximum Gasteiger partial charge on any atom is 0.224 e. The van der Waals surface area contributed by atoms with Gasteiger partial charge in [0.1, 0.15) is 0 Å². The number of carbonyl (C=O) groups excluding carboxylic acids is 1. The monoisotopic (exact) mass is 295 g/mol. The molecule has 5 heteroatoms. The van der Waals surface area contributed by atoms with Crippen LogP contribution in [0.25, 0.3) is 0 Å². The van der Waals surface area contributed by atoms with E-state index < -0.39 is 0 Å². The first-order valence-electron chi connectivity index (χ1n) is 7.18. The molecule has 110 valence electrons. The van der Waals surface area contributed by atoms with Crippen molar-refractivity contribution in [2.45, 2.75) is 45.6 Å². The molecule has 4 nitrogen and oxygen atoms in total. The van der Waals surface area contributed by atoms with Crippen molar-refractivity contribution in [2.24, 2.45) is 0 Å². The fourth-order valence-corrected chi connectivity index (χ4v) is 2.84. The molecule has 1 fully saturated rings. The Hall–Kier alpha value is -1.42. The molecular formula is C15H22ClN3O. The lowest BCUT2D eigenvalue weighted by Gasteiger charge is -2.36. The minimum atomic E-state index is -0.0469. The fourth-order valence-electron chi connectivity index (χ4n) is 2.62. The van der Waals surface area contributed by atoms with Crippen molar-refractivity contribution in [2.75, 3.05) is 22.5 Å². The third kappa shape index (κ3) is 3.18. The maximum absolute atomic E-state index is 11.6. The molecule has 1 heterocycles. The molecule has 0 saturated carbocycles. The number of nitrogen functional groups attached to an aromatic ring is 1. The molecule has 3 N–H and O–H groups in total. The number of nitrogens with zero attached hydrogens (tertiary/aromatic N) is 1. The molecule has 1 aromatic carbocycles. The van der Waals surface area contributed by atoms with E-state index in [9.17, 15) is 4.79 Å². The number of rotatable bonds is 3. The summed E-state index contributed by atoms with van der Waals surface area (Å²) in [7, 11) is 0. The number of halogens is 1. The number of nitrogens with one attached hydrogen (secondary N) is 1. The van der Waals surface area contributed by atoms with E-state index in [0.29, 0.717) is 28.9 Å². The Morgan fingerprint density at radius 2 is 2.25 bits per heavy atom. The van der Waals surface area contributed by atoms with Crippen LogP contribution >= 0.6 is 11.6 Å². The lowest BCUT2D eigenvalue weighted by atomic mass is 10.0. The third-order valence-corrected chi connectivity index (χ3v) is 4.14. The molecule has 1 saturated heterocycles. The number of amides is 1. The van der Waals surface area contributed by atoms with Crippen LogP contribution in [-0.2, 0) is 4.79 Å². The van der Waals surface area contributed by atoms with Crippen molar-refractivity contribution in [3.8, 4) is 0 Å². The predicted octanol–water partition coefficient (Wildman–Crippen LogP) is 3.65. The quantitative estimate of drug-likeness (QED) is 0.837. The Bertz CT molecular complexity index is 504. The maximum atomic E-state index is 11.6. The molecule has 0 aromatic heterocycles. The van der Waals surface area contributed by atoms with Crippen LogP contribution in [0.1, 0.15) is 39.5 Å². The number of anilines is 3. The van der Waals surface area contributed by atoms with Crippen molar-refractivity contribution in [3.63, 3.8) is 0 Å². The van der Waals surface area contributed by atoms with Gasteiger partial charge in [0.15, 0.2) is 0 Å². The van der Waals surface area contributed by atoms with Gasteiger partial charge in [-0.25, -0.2) is 0 Å². The lowest BCUT2D eigenvalue weighted by Crippen LogP contribution is -2.37. The summed E-state index contributed by atoms with van der Waals surface area (Å²) >= 11 is 6.16. The van der Waals surface area contributed by atoms with Crippen LogP contribution in [0.4, 0.5) is 17.1 Å². The first kappa shape index (κ1) is 15.0. The van der Waals surface area contributed by atoms with Crippen molar-refractivity contribution < 1.29 is 4.79 Å². The van der Waals surface area contributed by atoms with Gasteiger partial charge in [-0.05, 0) is 38.3 Å². The standard InChI is InChI=1S/C15H22ClN3O/c1-3-15(20)18-13-9-14(12(17)8-11(13)16)19-7-5-4-6-10(19)2/h8-10H,3-7,17H2,1-2H3,(H,18,20). The van der Waals surface area contributed by atoms with Crippen molar-refractivity contribution in [3.05, 3.63) is 17.2 Å². The van der Waals surface area contributed by atoms with Gasteiger partial charge >= 0.3 is 0 Å². The zero-order valence-electron chi connectivity index (χ0n) is 12.1. The van der Waals surface area contributed by atoms with Crippen LogP contribution in [-0.4, -0.2) is 18.5 Å². The van der Waals surface area contributed by atoms with E-state index in [1.54, 1.807) is 6.07 Å². The van der Waals surface area contributed by atoms with Crippen LogP contribution in [0.15, 0.2) is 12.1 Å². The van der Waals surface area contributed by atoms with Crippen LogP contribution in [0.3, 0.4) is 0 Å². The zero-order valence-corrected chi connectivity index (χ0v) is 12.8. The van der Waals surface area contributed by atoms with Crippen LogP contribution in [0.2, 0.25) is 5.02 Å². The molecule has 20 heavy (non-hydrogen) atoms. The molecule has 2 rings (SSSR count). The Morgan fingerprint density at radius 3 is 2.90 bits per heavy atom. The summed E-state index contributed by atoms with van der Waals surface area (Å²) in [6.45, 7) is 5.01. The first-order valence-corrected chi connectivity index (χ1v) is 7.56. The fraction of sp³-hybridized carbons (Fsp3) is 0.533. The first-order chi connectivity index (χ1) is 9.52. The largest absolute Gasteiger partial charge is 0.397 e. The van der Waals surface area contributed by atoms with E-state index in [2.05, 4.69) is 17.1 Å². The van der Waals surface area contributed by atoms with Gasteiger partial charge in [0.25, 0.3) is 0 Å². The summed E-state index contributed by atoms with van der Waals surface area (Å²) in [6.07, 6.45) is 4.02. The average Bonchev–Trinajstić information content (AvgIpc) is 2.42. The number of piperidine rings is 1. The SMILES string of the molecule is CCC(=O)Nc1cc(N2CCCCC2C)c(N)cc1Cl. The molecule has 1 aromatic rings. The molecule has 1 amide bonds. The molecule has 1 unspecified atom stereocenters. The highest BCUT2D eigenvalue weighted by molar-refractivity contribution is 6.34. The normalized spacial score (nSPS) is 18.9. The minimum Gasteiger partial charge on any atom is -0.397 e. The van der Waals surface area contributed by atoms with Gasteiger partial charge in [-0.3, -0.25) is 4.79 Å². The smallest absolute Gasteiger partial charge is 0.224 e. The molecule has 1 aliphatic rings. The highest BCUT2D eigenvalue weighted by Crippen LogP contribution is 2.36. The summed E-state index contributed by atoms with van der Waals surface area (Å²) < 4.78 is 0. The van der Waals surface area contributed by atoms with Gasteiger partial charge in [-0.1, -0.05) is 18.5 Å². The number of benzene rings is 1. The second-order valence-electron chi connectivity index (χ2n) is 5.33. The van der Waals surface area contributed by atoms with Crippen molar-refractivity contribution in [1.82, 2.24) is 0 Å². The molecule has 0 spiro atoms. The molecule has 0 radical (unpaired) electrons. The number of nitrogens with two attached hydrogens (primary N) is 1. The third-order valence-electron chi connectivity index (χ3n) is 3.82. The zero-order chi connectivity index (χ0) is 14.7. The summed E-state index contributed by atoms with van der Waals surface area (Å²) in [5.74, 6) is -0.0469. The van der Waals surface area contributed by atoms with E-state index in [4.69, 9.17) is 17.3 Å². The van der Waals surface area contributed by atoms with Crippen LogP contribution in [0.5, 0.6) is 0 Å². The summed E-state index contributed by atoms with van der Waals surface area (Å²) in [5, 5.41) is 3.31. The molecule has 1 aliphatic heterocycles. The highest BCUT2D eigenvalue weighted by atomic mass is 35.5. The molecular weight excluding hydrogens is 274 g/mol. The van der Waals surface area contributed by atoms with Gasteiger partial charge in [0.2, 0.25) is 5.91 Å². The second kappa shape index (κ2) is 6.35. The van der Waals surface area contributed by atoms with E-state index in [1.807, 2.05) is 13.0 Å². The van der Waals surface area contributed by atoms with Gasteiger partial charge in [-0.2, -0.15) is 0 Å².